The zero-order chi connectivity index (χ0) is 11.0. The van der Waals surface area contributed by atoms with Crippen molar-refractivity contribution in [2.45, 2.75) is 27.2 Å². The molecule has 2 aromatic heterocycles. The number of pyridine rings is 1. The van der Waals surface area contributed by atoms with E-state index in [0.29, 0.717) is 11.6 Å². The van der Waals surface area contributed by atoms with Crippen molar-refractivity contribution >= 4 is 11.3 Å². The second-order valence-electron chi connectivity index (χ2n) is 4.30. The number of hydrogen-bond donors (Lipinski definition) is 1. The molecule has 2 N–H and O–H groups in total. The normalized spacial score (nSPS) is 11.5. The van der Waals surface area contributed by atoms with Crippen molar-refractivity contribution in [2.75, 3.05) is 5.73 Å². The van der Waals surface area contributed by atoms with Crippen LogP contribution < -0.4 is 5.73 Å². The lowest BCUT2D eigenvalue weighted by molar-refractivity contribution is 0.614. The number of fused-ring (bicyclic) bond motifs is 1. The third kappa shape index (κ3) is 1.67. The summed E-state index contributed by atoms with van der Waals surface area (Å²) in [4.78, 5) is 0. The minimum atomic E-state index is 0.568. The smallest absolute Gasteiger partial charge is 0.184 e. The number of nitrogen functional groups attached to an aromatic ring is 1. The highest BCUT2D eigenvalue weighted by atomic mass is 15.3. The van der Waals surface area contributed by atoms with Crippen LogP contribution in [0, 0.1) is 12.8 Å². The average Bonchev–Trinajstić information content (AvgIpc) is 2.56. The summed E-state index contributed by atoms with van der Waals surface area (Å²) in [7, 11) is 0. The lowest BCUT2D eigenvalue weighted by Gasteiger charge is -2.06. The molecule has 0 aromatic carbocycles. The first-order chi connectivity index (χ1) is 7.09. The van der Waals surface area contributed by atoms with Gasteiger partial charge in [0.1, 0.15) is 5.82 Å². The van der Waals surface area contributed by atoms with Crippen LogP contribution in [-0.2, 0) is 6.42 Å². The van der Waals surface area contributed by atoms with E-state index in [1.807, 2.05) is 23.5 Å². The molecular weight excluding hydrogens is 188 g/mol. The summed E-state index contributed by atoms with van der Waals surface area (Å²) in [6.07, 6.45) is 0.922. The van der Waals surface area contributed by atoms with Gasteiger partial charge in [0.25, 0.3) is 0 Å². The van der Waals surface area contributed by atoms with Crippen LogP contribution in [0.15, 0.2) is 12.1 Å². The summed E-state index contributed by atoms with van der Waals surface area (Å²) in [5.74, 6) is 1.56. The monoisotopic (exact) mass is 204 g/mol. The van der Waals surface area contributed by atoms with E-state index in [2.05, 4.69) is 24.0 Å². The van der Waals surface area contributed by atoms with Gasteiger partial charge in [0.15, 0.2) is 5.65 Å². The molecule has 0 aliphatic carbocycles. The highest BCUT2D eigenvalue weighted by Crippen LogP contribution is 2.16. The molecule has 0 aliphatic heterocycles. The van der Waals surface area contributed by atoms with Crippen molar-refractivity contribution in [2.24, 2.45) is 5.92 Å². The van der Waals surface area contributed by atoms with Gasteiger partial charge in [-0.2, -0.15) is 0 Å². The number of nitrogens with two attached hydrogens (primary N) is 1. The van der Waals surface area contributed by atoms with Gasteiger partial charge >= 0.3 is 0 Å². The summed E-state index contributed by atoms with van der Waals surface area (Å²) in [5.41, 5.74) is 8.42. The first-order valence-electron chi connectivity index (χ1n) is 5.18. The fourth-order valence-electron chi connectivity index (χ4n) is 1.73. The van der Waals surface area contributed by atoms with E-state index >= 15 is 0 Å². The average molecular weight is 204 g/mol. The van der Waals surface area contributed by atoms with Crippen molar-refractivity contribution < 1.29 is 0 Å². The van der Waals surface area contributed by atoms with Crippen LogP contribution in [0.5, 0.6) is 0 Å². The summed E-state index contributed by atoms with van der Waals surface area (Å²) in [5, 5.41) is 8.31. The Labute approximate surface area is 89.1 Å². The molecule has 80 valence electrons. The molecule has 0 bridgehead atoms. The lowest BCUT2D eigenvalue weighted by Crippen LogP contribution is -2.03. The van der Waals surface area contributed by atoms with Gasteiger partial charge in [0.2, 0.25) is 0 Å². The number of aryl methyl sites for hydroxylation is 1. The zero-order valence-electron chi connectivity index (χ0n) is 9.36. The molecule has 15 heavy (non-hydrogen) atoms. The summed E-state index contributed by atoms with van der Waals surface area (Å²) < 4.78 is 2.04. The van der Waals surface area contributed by atoms with Crippen LogP contribution >= 0.6 is 0 Å². The molecule has 0 aliphatic rings. The topological polar surface area (TPSA) is 56.2 Å². The molecule has 0 atom stereocenters. The highest BCUT2D eigenvalue weighted by Gasteiger charge is 2.10. The maximum absolute atomic E-state index is 5.85. The van der Waals surface area contributed by atoms with Crippen molar-refractivity contribution in [1.29, 1.82) is 0 Å². The summed E-state index contributed by atoms with van der Waals surface area (Å²) in [6, 6.07) is 3.87. The number of nitrogens with zero attached hydrogens (tertiary/aromatic N) is 3. The zero-order valence-corrected chi connectivity index (χ0v) is 9.36. The van der Waals surface area contributed by atoms with E-state index in [9.17, 15) is 0 Å². The second-order valence-corrected chi connectivity index (χ2v) is 4.30. The van der Waals surface area contributed by atoms with Crippen LogP contribution in [0.4, 0.5) is 5.69 Å². The van der Waals surface area contributed by atoms with Gasteiger partial charge in [-0.25, -0.2) is 0 Å². The quantitative estimate of drug-likeness (QED) is 0.811. The van der Waals surface area contributed by atoms with Crippen molar-refractivity contribution in [3.63, 3.8) is 0 Å². The third-order valence-electron chi connectivity index (χ3n) is 2.44. The molecule has 0 saturated heterocycles. The Morgan fingerprint density at radius 1 is 1.33 bits per heavy atom. The summed E-state index contributed by atoms with van der Waals surface area (Å²) >= 11 is 0. The van der Waals surface area contributed by atoms with E-state index in [1.165, 1.54) is 0 Å². The Hall–Kier alpha value is -1.58. The van der Waals surface area contributed by atoms with Crippen molar-refractivity contribution in [3.05, 3.63) is 23.7 Å². The third-order valence-corrected chi connectivity index (χ3v) is 2.44. The Balaban J connectivity index is 2.62. The fraction of sp³-hybridized carbons (Fsp3) is 0.455. The van der Waals surface area contributed by atoms with Crippen molar-refractivity contribution in [1.82, 2.24) is 14.6 Å². The van der Waals surface area contributed by atoms with Crippen LogP contribution in [0.2, 0.25) is 0 Å². The Morgan fingerprint density at radius 3 is 2.73 bits per heavy atom. The first-order valence-corrected chi connectivity index (χ1v) is 5.18. The predicted molar refractivity (Wildman–Crippen MR) is 60.7 cm³/mol. The van der Waals surface area contributed by atoms with E-state index in [-0.39, 0.29) is 0 Å². The molecule has 4 heteroatoms. The van der Waals surface area contributed by atoms with Gasteiger partial charge in [-0.3, -0.25) is 4.40 Å². The number of anilines is 1. The molecule has 0 unspecified atom stereocenters. The maximum Gasteiger partial charge on any atom is 0.184 e. The van der Waals surface area contributed by atoms with E-state index in [0.717, 1.165) is 23.6 Å². The van der Waals surface area contributed by atoms with Crippen LogP contribution in [0.3, 0.4) is 0 Å². The first kappa shape index (κ1) is 9.96. The van der Waals surface area contributed by atoms with Crippen molar-refractivity contribution in [3.8, 4) is 0 Å². The maximum atomic E-state index is 5.85. The number of rotatable bonds is 2. The Bertz CT molecular complexity index is 485. The molecule has 0 radical (unpaired) electrons. The van der Waals surface area contributed by atoms with Crippen LogP contribution in [-0.4, -0.2) is 14.6 Å². The standard InChI is InChI=1S/C11H16N4/c1-7(2)6-10-13-14-11-9(12)5-4-8(3)15(10)11/h4-5,7H,6,12H2,1-3H3. The van der Waals surface area contributed by atoms with Gasteiger partial charge < -0.3 is 5.73 Å². The highest BCUT2D eigenvalue weighted by molar-refractivity contribution is 5.64. The molecule has 0 spiro atoms. The molecule has 0 fully saturated rings. The molecule has 2 heterocycles. The molecular formula is C11H16N4. The van der Waals surface area contributed by atoms with E-state index in [4.69, 9.17) is 5.73 Å². The summed E-state index contributed by atoms with van der Waals surface area (Å²) in [6.45, 7) is 6.38. The molecule has 0 saturated carbocycles. The fourth-order valence-corrected chi connectivity index (χ4v) is 1.73. The number of hydrogen-bond acceptors (Lipinski definition) is 3. The Morgan fingerprint density at radius 2 is 2.07 bits per heavy atom. The lowest BCUT2D eigenvalue weighted by atomic mass is 10.1. The second kappa shape index (κ2) is 3.53. The Kier molecular flexibility index (Phi) is 2.34. The SMILES string of the molecule is Cc1ccc(N)c2nnc(CC(C)C)n12. The van der Waals surface area contributed by atoms with Crippen LogP contribution in [0.25, 0.3) is 5.65 Å². The van der Waals surface area contributed by atoms with E-state index in [1.54, 1.807) is 0 Å². The molecule has 4 nitrogen and oxygen atoms in total. The van der Waals surface area contributed by atoms with Crippen LogP contribution in [0.1, 0.15) is 25.4 Å². The largest absolute Gasteiger partial charge is 0.396 e. The number of aromatic nitrogens is 3. The van der Waals surface area contributed by atoms with Gasteiger partial charge in [0.05, 0.1) is 5.69 Å². The van der Waals surface area contributed by atoms with Gasteiger partial charge in [-0.1, -0.05) is 13.8 Å². The van der Waals surface area contributed by atoms with Gasteiger partial charge in [0, 0.05) is 12.1 Å². The molecule has 2 aromatic rings. The minimum absolute atomic E-state index is 0.568. The van der Waals surface area contributed by atoms with E-state index < -0.39 is 0 Å². The molecule has 2 rings (SSSR count). The predicted octanol–water partition coefficient (Wildman–Crippen LogP) is 1.82. The molecule has 0 amide bonds. The van der Waals surface area contributed by atoms with Gasteiger partial charge in [-0.05, 0) is 25.0 Å². The minimum Gasteiger partial charge on any atom is -0.396 e. The van der Waals surface area contributed by atoms with Gasteiger partial charge in [-0.15, -0.1) is 10.2 Å².